The number of aromatic nitrogens is 3. The van der Waals surface area contributed by atoms with E-state index < -0.39 is 5.60 Å². The highest BCUT2D eigenvalue weighted by Crippen LogP contribution is 2.33. The van der Waals surface area contributed by atoms with Crippen LogP contribution in [-0.4, -0.2) is 44.9 Å². The molecule has 0 saturated carbocycles. The Bertz CT molecular complexity index is 1080. The molecule has 1 aliphatic rings. The summed E-state index contributed by atoms with van der Waals surface area (Å²) in [7, 11) is 0. The average molecular weight is 406 g/mol. The number of H-pyrrole nitrogens is 1. The quantitative estimate of drug-likeness (QED) is 0.671. The van der Waals surface area contributed by atoms with Gasteiger partial charge in [-0.1, -0.05) is 6.08 Å². The SMILES string of the molecule is CC(C)(C)OC(=O)N1CC=C(c2cnc(-c3ccc(F)cc3)cc2-c2cc[nH]n2)C1. The van der Waals surface area contributed by atoms with Crippen molar-refractivity contribution in [3.8, 4) is 22.5 Å². The molecule has 0 saturated heterocycles. The van der Waals surface area contributed by atoms with Gasteiger partial charge in [-0.25, -0.2) is 9.18 Å². The molecule has 1 aliphatic heterocycles. The fraction of sp³-hybridized carbons (Fsp3) is 0.261. The van der Waals surface area contributed by atoms with Crippen molar-refractivity contribution in [1.82, 2.24) is 20.1 Å². The molecule has 0 spiro atoms. The van der Waals surface area contributed by atoms with Gasteiger partial charge in [-0.05, 0) is 62.7 Å². The number of pyridine rings is 1. The van der Waals surface area contributed by atoms with Gasteiger partial charge in [0.1, 0.15) is 11.4 Å². The van der Waals surface area contributed by atoms with E-state index in [1.54, 1.807) is 29.4 Å². The van der Waals surface area contributed by atoms with Crippen molar-refractivity contribution in [1.29, 1.82) is 0 Å². The van der Waals surface area contributed by atoms with Crippen molar-refractivity contribution in [3.05, 3.63) is 66.2 Å². The summed E-state index contributed by atoms with van der Waals surface area (Å²) in [6.45, 7) is 6.46. The van der Waals surface area contributed by atoms with Gasteiger partial charge in [0, 0.05) is 42.2 Å². The summed E-state index contributed by atoms with van der Waals surface area (Å²) in [5.41, 5.74) is 4.54. The molecule has 3 aromatic rings. The molecule has 1 amide bonds. The zero-order chi connectivity index (χ0) is 21.3. The third-order valence-electron chi connectivity index (χ3n) is 4.74. The normalized spacial score (nSPS) is 14.0. The highest BCUT2D eigenvalue weighted by molar-refractivity contribution is 5.85. The summed E-state index contributed by atoms with van der Waals surface area (Å²) < 4.78 is 18.8. The van der Waals surface area contributed by atoms with Crippen LogP contribution in [0.25, 0.3) is 28.1 Å². The van der Waals surface area contributed by atoms with Gasteiger partial charge in [0.2, 0.25) is 0 Å². The Kier molecular flexibility index (Phi) is 5.11. The van der Waals surface area contributed by atoms with E-state index in [2.05, 4.69) is 15.2 Å². The molecule has 154 valence electrons. The highest BCUT2D eigenvalue weighted by Gasteiger charge is 2.27. The molecule has 0 bridgehead atoms. The molecule has 1 aromatic carbocycles. The van der Waals surface area contributed by atoms with Crippen molar-refractivity contribution >= 4 is 11.7 Å². The number of hydrogen-bond acceptors (Lipinski definition) is 4. The number of aromatic amines is 1. The zero-order valence-electron chi connectivity index (χ0n) is 17.1. The molecule has 0 fully saturated rings. The number of nitrogens with zero attached hydrogens (tertiary/aromatic N) is 3. The minimum absolute atomic E-state index is 0.291. The van der Waals surface area contributed by atoms with Crippen LogP contribution in [0.2, 0.25) is 0 Å². The Morgan fingerprint density at radius 3 is 2.57 bits per heavy atom. The van der Waals surface area contributed by atoms with E-state index in [0.717, 1.165) is 33.7 Å². The fourth-order valence-electron chi connectivity index (χ4n) is 3.33. The van der Waals surface area contributed by atoms with Crippen LogP contribution in [0.15, 0.2) is 54.9 Å². The zero-order valence-corrected chi connectivity index (χ0v) is 17.1. The monoisotopic (exact) mass is 406 g/mol. The van der Waals surface area contributed by atoms with Crippen molar-refractivity contribution < 1.29 is 13.9 Å². The maximum absolute atomic E-state index is 13.3. The molecule has 7 heteroatoms. The Labute approximate surface area is 174 Å². The summed E-state index contributed by atoms with van der Waals surface area (Å²) in [6.07, 6.45) is 5.21. The van der Waals surface area contributed by atoms with Crippen LogP contribution in [0.1, 0.15) is 26.3 Å². The summed E-state index contributed by atoms with van der Waals surface area (Å²) in [5, 5.41) is 7.17. The van der Waals surface area contributed by atoms with E-state index in [1.807, 2.05) is 39.0 Å². The molecule has 1 N–H and O–H groups in total. The molecular formula is C23H23FN4O2. The number of benzene rings is 1. The topological polar surface area (TPSA) is 71.1 Å². The molecule has 6 nitrogen and oxygen atoms in total. The minimum atomic E-state index is -0.543. The molecule has 2 aromatic heterocycles. The first-order chi connectivity index (χ1) is 14.3. The number of carbonyl (C=O) groups excluding carboxylic acids is 1. The second kappa shape index (κ2) is 7.74. The summed E-state index contributed by atoms with van der Waals surface area (Å²) in [5.74, 6) is -0.291. The van der Waals surface area contributed by atoms with Gasteiger partial charge in [0.05, 0.1) is 11.4 Å². The van der Waals surface area contributed by atoms with Crippen molar-refractivity contribution in [3.63, 3.8) is 0 Å². The number of rotatable bonds is 3. The predicted molar refractivity (Wildman–Crippen MR) is 113 cm³/mol. The van der Waals surface area contributed by atoms with Gasteiger partial charge >= 0.3 is 6.09 Å². The van der Waals surface area contributed by atoms with E-state index in [9.17, 15) is 9.18 Å². The van der Waals surface area contributed by atoms with Gasteiger partial charge in [-0.3, -0.25) is 10.1 Å². The molecule has 30 heavy (non-hydrogen) atoms. The van der Waals surface area contributed by atoms with Gasteiger partial charge in [-0.2, -0.15) is 5.10 Å². The second-order valence-electron chi connectivity index (χ2n) is 8.17. The molecule has 4 rings (SSSR count). The Morgan fingerprint density at radius 1 is 1.13 bits per heavy atom. The smallest absolute Gasteiger partial charge is 0.410 e. The number of nitrogens with one attached hydrogen (secondary N) is 1. The first-order valence-corrected chi connectivity index (χ1v) is 9.73. The van der Waals surface area contributed by atoms with Crippen LogP contribution in [0.3, 0.4) is 0 Å². The lowest BCUT2D eigenvalue weighted by molar-refractivity contribution is 0.0306. The lowest BCUT2D eigenvalue weighted by atomic mass is 9.98. The first kappa shape index (κ1) is 19.8. The second-order valence-corrected chi connectivity index (χ2v) is 8.17. The van der Waals surface area contributed by atoms with E-state index in [0.29, 0.717) is 13.1 Å². The average Bonchev–Trinajstić information content (AvgIpc) is 3.39. The van der Waals surface area contributed by atoms with Crippen LogP contribution in [0.4, 0.5) is 9.18 Å². The summed E-state index contributed by atoms with van der Waals surface area (Å²) in [4.78, 5) is 18.7. The lowest BCUT2D eigenvalue weighted by Crippen LogP contribution is -2.35. The molecular weight excluding hydrogens is 383 g/mol. The van der Waals surface area contributed by atoms with Crippen LogP contribution >= 0.6 is 0 Å². The van der Waals surface area contributed by atoms with E-state index in [4.69, 9.17) is 4.74 Å². The van der Waals surface area contributed by atoms with Crippen LogP contribution < -0.4 is 0 Å². The van der Waals surface area contributed by atoms with Crippen LogP contribution in [0.5, 0.6) is 0 Å². The molecule has 3 heterocycles. The fourth-order valence-corrected chi connectivity index (χ4v) is 3.33. The van der Waals surface area contributed by atoms with Gasteiger partial charge in [0.25, 0.3) is 0 Å². The van der Waals surface area contributed by atoms with Crippen molar-refractivity contribution in [2.75, 3.05) is 13.1 Å². The molecule has 0 aliphatic carbocycles. The number of amides is 1. The number of ether oxygens (including phenoxy) is 1. The Balaban J connectivity index is 1.65. The number of halogens is 1. The highest BCUT2D eigenvalue weighted by atomic mass is 19.1. The first-order valence-electron chi connectivity index (χ1n) is 9.73. The maximum atomic E-state index is 13.3. The van der Waals surface area contributed by atoms with Gasteiger partial charge in [0.15, 0.2) is 0 Å². The predicted octanol–water partition coefficient (Wildman–Crippen LogP) is 4.91. The Morgan fingerprint density at radius 2 is 1.90 bits per heavy atom. The third kappa shape index (κ3) is 4.25. The van der Waals surface area contributed by atoms with Crippen molar-refractivity contribution in [2.24, 2.45) is 0 Å². The number of carbonyl (C=O) groups is 1. The summed E-state index contributed by atoms with van der Waals surface area (Å²) >= 11 is 0. The van der Waals surface area contributed by atoms with Crippen molar-refractivity contribution in [2.45, 2.75) is 26.4 Å². The minimum Gasteiger partial charge on any atom is -0.444 e. The summed E-state index contributed by atoms with van der Waals surface area (Å²) in [6, 6.07) is 10.0. The van der Waals surface area contributed by atoms with Gasteiger partial charge in [-0.15, -0.1) is 0 Å². The number of hydrogen-bond donors (Lipinski definition) is 1. The Hall–Kier alpha value is -3.48. The maximum Gasteiger partial charge on any atom is 0.410 e. The van der Waals surface area contributed by atoms with E-state index >= 15 is 0 Å². The van der Waals surface area contributed by atoms with E-state index in [1.165, 1.54) is 12.1 Å². The molecule has 0 radical (unpaired) electrons. The molecule has 0 atom stereocenters. The van der Waals surface area contributed by atoms with Crippen LogP contribution in [0, 0.1) is 5.82 Å². The largest absolute Gasteiger partial charge is 0.444 e. The van der Waals surface area contributed by atoms with E-state index in [-0.39, 0.29) is 11.9 Å². The third-order valence-corrected chi connectivity index (χ3v) is 4.74. The standard InChI is InChI=1S/C23H23FN4O2/c1-23(2,3)30-22(29)28-11-9-16(14-28)19-13-25-21(15-4-6-17(24)7-5-15)12-18(19)20-8-10-26-27-20/h4-10,12-13H,11,14H2,1-3H3,(H,26,27). The van der Waals surface area contributed by atoms with Crippen LogP contribution in [-0.2, 0) is 4.74 Å². The van der Waals surface area contributed by atoms with Gasteiger partial charge < -0.3 is 9.64 Å². The lowest BCUT2D eigenvalue weighted by Gasteiger charge is -2.24. The molecule has 0 unspecified atom stereocenters.